The van der Waals surface area contributed by atoms with E-state index in [0.717, 1.165) is 45.9 Å². The summed E-state index contributed by atoms with van der Waals surface area (Å²) >= 11 is 0. The lowest BCUT2D eigenvalue weighted by Gasteiger charge is -2.31. The molecule has 1 N–H and O–H groups in total. The van der Waals surface area contributed by atoms with Gasteiger partial charge in [0.1, 0.15) is 0 Å². The smallest absolute Gasteiger partial charge is 0.0900 e. The molecule has 142 valence electrons. The van der Waals surface area contributed by atoms with Crippen LogP contribution in [0.4, 0.5) is 0 Å². The Labute approximate surface area is 152 Å². The molecule has 1 atom stereocenters. The lowest BCUT2D eigenvalue weighted by atomic mass is 10.1. The fraction of sp³-hybridized carbons (Fsp3) is 0.700. The van der Waals surface area contributed by atoms with Crippen molar-refractivity contribution in [3.05, 3.63) is 35.4 Å². The molecule has 1 aliphatic heterocycles. The van der Waals surface area contributed by atoms with Gasteiger partial charge in [-0.05, 0) is 26.3 Å². The zero-order valence-electron chi connectivity index (χ0n) is 16.0. The summed E-state index contributed by atoms with van der Waals surface area (Å²) in [5.41, 5.74) is 2.56. The molecular formula is C20H34N2O3. The molecule has 1 aromatic carbocycles. The predicted octanol–water partition coefficient (Wildman–Crippen LogP) is 1.92. The summed E-state index contributed by atoms with van der Waals surface area (Å²) in [5, 5.41) is 10.3. The molecule has 0 amide bonds. The van der Waals surface area contributed by atoms with Gasteiger partial charge in [-0.3, -0.25) is 9.80 Å². The van der Waals surface area contributed by atoms with E-state index in [1.807, 2.05) is 13.8 Å². The summed E-state index contributed by atoms with van der Waals surface area (Å²) in [7, 11) is 0. The summed E-state index contributed by atoms with van der Waals surface area (Å²) in [5.74, 6) is 0. The molecule has 1 fully saturated rings. The van der Waals surface area contributed by atoms with Crippen molar-refractivity contribution >= 4 is 0 Å². The molecule has 0 aromatic heterocycles. The second-order valence-electron chi connectivity index (χ2n) is 7.21. The molecule has 0 unspecified atom stereocenters. The van der Waals surface area contributed by atoms with Crippen LogP contribution in [0.15, 0.2) is 24.3 Å². The van der Waals surface area contributed by atoms with E-state index in [0.29, 0.717) is 13.2 Å². The van der Waals surface area contributed by atoms with Crippen molar-refractivity contribution in [2.24, 2.45) is 0 Å². The Balaban J connectivity index is 1.89. The number of rotatable bonds is 10. The van der Waals surface area contributed by atoms with E-state index in [9.17, 15) is 5.11 Å². The first-order valence-electron chi connectivity index (χ1n) is 9.40. The Morgan fingerprint density at radius 2 is 2.04 bits per heavy atom. The van der Waals surface area contributed by atoms with Gasteiger partial charge in [0.15, 0.2) is 0 Å². The van der Waals surface area contributed by atoms with Crippen LogP contribution in [0.3, 0.4) is 0 Å². The molecule has 0 bridgehead atoms. The molecule has 1 saturated heterocycles. The molecule has 0 aliphatic carbocycles. The van der Waals surface area contributed by atoms with Crippen molar-refractivity contribution in [3.63, 3.8) is 0 Å². The third kappa shape index (κ3) is 8.29. The topological polar surface area (TPSA) is 45.2 Å². The van der Waals surface area contributed by atoms with Gasteiger partial charge in [0, 0.05) is 39.3 Å². The molecule has 0 radical (unpaired) electrons. The fourth-order valence-electron chi connectivity index (χ4n) is 3.07. The van der Waals surface area contributed by atoms with E-state index in [1.54, 1.807) is 0 Å². The van der Waals surface area contributed by atoms with Gasteiger partial charge in [-0.25, -0.2) is 0 Å². The minimum absolute atomic E-state index is 0.147. The Morgan fingerprint density at radius 3 is 2.72 bits per heavy atom. The number of aliphatic hydroxyl groups excluding tert-OH is 1. The van der Waals surface area contributed by atoms with Crippen LogP contribution in [0.1, 0.15) is 25.0 Å². The second-order valence-corrected chi connectivity index (χ2v) is 7.21. The van der Waals surface area contributed by atoms with Crippen LogP contribution in [0, 0.1) is 6.92 Å². The third-order valence-corrected chi connectivity index (χ3v) is 4.42. The van der Waals surface area contributed by atoms with Gasteiger partial charge in [0.2, 0.25) is 0 Å². The van der Waals surface area contributed by atoms with Gasteiger partial charge in [-0.1, -0.05) is 29.8 Å². The number of aryl methyl sites for hydroxylation is 1. The van der Waals surface area contributed by atoms with Crippen LogP contribution in [0.2, 0.25) is 0 Å². The van der Waals surface area contributed by atoms with E-state index in [-0.39, 0.29) is 6.10 Å². The second kappa shape index (κ2) is 10.9. The first-order chi connectivity index (χ1) is 12.0. The number of hydrogen-bond donors (Lipinski definition) is 1. The average molecular weight is 351 g/mol. The first kappa shape index (κ1) is 20.3. The van der Waals surface area contributed by atoms with Crippen LogP contribution < -0.4 is 0 Å². The molecule has 0 saturated carbocycles. The van der Waals surface area contributed by atoms with Crippen LogP contribution >= 0.6 is 0 Å². The monoisotopic (exact) mass is 350 g/mol. The van der Waals surface area contributed by atoms with Gasteiger partial charge in [-0.2, -0.15) is 0 Å². The SMILES string of the molecule is Cc1cccc(CN(CCN2CCOCC2)C[C@@H](O)COC(C)C)c1. The minimum atomic E-state index is -0.461. The van der Waals surface area contributed by atoms with Gasteiger partial charge >= 0.3 is 0 Å². The van der Waals surface area contributed by atoms with Crippen LogP contribution in [-0.4, -0.2) is 79.7 Å². The normalized spacial score (nSPS) is 17.4. The van der Waals surface area contributed by atoms with Crippen molar-refractivity contribution in [2.75, 3.05) is 52.5 Å². The molecule has 25 heavy (non-hydrogen) atoms. The summed E-state index contributed by atoms with van der Waals surface area (Å²) in [6, 6.07) is 8.60. The van der Waals surface area contributed by atoms with Crippen molar-refractivity contribution in [1.29, 1.82) is 0 Å². The minimum Gasteiger partial charge on any atom is -0.389 e. The predicted molar refractivity (Wildman–Crippen MR) is 101 cm³/mol. The van der Waals surface area contributed by atoms with Gasteiger partial charge in [0.25, 0.3) is 0 Å². The van der Waals surface area contributed by atoms with Crippen LogP contribution in [0.25, 0.3) is 0 Å². The van der Waals surface area contributed by atoms with E-state index < -0.39 is 6.10 Å². The van der Waals surface area contributed by atoms with Gasteiger partial charge < -0.3 is 14.6 Å². The van der Waals surface area contributed by atoms with Crippen molar-refractivity contribution in [3.8, 4) is 0 Å². The van der Waals surface area contributed by atoms with E-state index in [1.165, 1.54) is 11.1 Å². The molecule has 1 aromatic rings. The molecule has 0 spiro atoms. The van der Waals surface area contributed by atoms with Crippen molar-refractivity contribution in [2.45, 2.75) is 39.5 Å². The Kier molecular flexibility index (Phi) is 8.85. The molecule has 1 aliphatic rings. The van der Waals surface area contributed by atoms with Crippen LogP contribution in [-0.2, 0) is 16.0 Å². The zero-order chi connectivity index (χ0) is 18.1. The highest BCUT2D eigenvalue weighted by molar-refractivity contribution is 5.22. The summed E-state index contributed by atoms with van der Waals surface area (Å²) in [6.07, 6.45) is -0.315. The van der Waals surface area contributed by atoms with Crippen molar-refractivity contribution in [1.82, 2.24) is 9.80 Å². The molecule has 5 heteroatoms. The Morgan fingerprint density at radius 1 is 1.28 bits per heavy atom. The molecular weight excluding hydrogens is 316 g/mol. The number of morpholine rings is 1. The maximum atomic E-state index is 10.3. The lowest BCUT2D eigenvalue weighted by molar-refractivity contribution is -0.0129. The lowest BCUT2D eigenvalue weighted by Crippen LogP contribution is -2.43. The van der Waals surface area contributed by atoms with Gasteiger partial charge in [-0.15, -0.1) is 0 Å². The standard InChI is InChI=1S/C20H34N2O3/c1-17(2)25-16-20(23)15-22(8-7-21-9-11-24-12-10-21)14-19-6-4-5-18(3)13-19/h4-6,13,17,20,23H,7-12,14-16H2,1-3H3/t20-/m1/s1. The van der Waals surface area contributed by atoms with E-state index in [2.05, 4.69) is 41.0 Å². The molecule has 2 rings (SSSR count). The highest BCUT2D eigenvalue weighted by Gasteiger charge is 2.16. The number of aliphatic hydroxyl groups is 1. The maximum absolute atomic E-state index is 10.3. The summed E-state index contributed by atoms with van der Waals surface area (Å²) in [6.45, 7) is 13.6. The number of hydrogen-bond acceptors (Lipinski definition) is 5. The summed E-state index contributed by atoms with van der Waals surface area (Å²) < 4.78 is 11.0. The highest BCUT2D eigenvalue weighted by Crippen LogP contribution is 2.09. The number of benzene rings is 1. The average Bonchev–Trinajstić information content (AvgIpc) is 2.59. The van der Waals surface area contributed by atoms with E-state index >= 15 is 0 Å². The molecule has 1 heterocycles. The quantitative estimate of drug-likeness (QED) is 0.698. The Hall–Kier alpha value is -0.980. The largest absolute Gasteiger partial charge is 0.389 e. The number of nitrogens with zero attached hydrogens (tertiary/aromatic N) is 2. The Bertz CT molecular complexity index is 490. The first-order valence-corrected chi connectivity index (χ1v) is 9.40. The number of ether oxygens (including phenoxy) is 2. The summed E-state index contributed by atoms with van der Waals surface area (Å²) in [4.78, 5) is 4.77. The highest BCUT2D eigenvalue weighted by atomic mass is 16.5. The van der Waals surface area contributed by atoms with Crippen LogP contribution in [0.5, 0.6) is 0 Å². The third-order valence-electron chi connectivity index (χ3n) is 4.42. The van der Waals surface area contributed by atoms with Crippen molar-refractivity contribution < 1.29 is 14.6 Å². The molecule has 5 nitrogen and oxygen atoms in total. The van der Waals surface area contributed by atoms with Gasteiger partial charge in [0.05, 0.1) is 32.0 Å². The fourth-order valence-corrected chi connectivity index (χ4v) is 3.07. The van der Waals surface area contributed by atoms with E-state index in [4.69, 9.17) is 9.47 Å². The maximum Gasteiger partial charge on any atom is 0.0900 e. The zero-order valence-corrected chi connectivity index (χ0v) is 16.0.